The third-order valence-corrected chi connectivity index (χ3v) is 6.71. The molecule has 3 heterocycles. The summed E-state index contributed by atoms with van der Waals surface area (Å²) in [4.78, 5) is 15.8. The standard InChI is InChI=1S/C24H24FN7O2S/c1-13-3-8-18(25)17(11-13)20(34-2)22(33)28-24-32-31-23(35-24)27-16-6-4-14(5-7-16)19-12-15-9-10-26-21(15)30-29-19/h3-4,8-12,16,20H,5-7H2,1-2H3,(H,26,30)(H,27,31)(H,28,32,33). The number of amides is 1. The highest BCUT2D eigenvalue weighted by atomic mass is 32.1. The number of fused-ring (bicyclic) bond motifs is 1. The van der Waals surface area contributed by atoms with Gasteiger partial charge in [-0.1, -0.05) is 35.1 Å². The first kappa shape index (κ1) is 23.1. The zero-order valence-corrected chi connectivity index (χ0v) is 20.0. The molecule has 2 unspecified atom stereocenters. The molecular formula is C24H24FN7O2S. The van der Waals surface area contributed by atoms with Gasteiger partial charge in [0.05, 0.1) is 5.69 Å². The summed E-state index contributed by atoms with van der Waals surface area (Å²) in [6.07, 6.45) is 5.51. The first-order valence-electron chi connectivity index (χ1n) is 11.2. The number of hydrogen-bond acceptors (Lipinski definition) is 8. The topological polar surface area (TPSA) is 118 Å². The molecule has 2 atom stereocenters. The highest BCUT2D eigenvalue weighted by Crippen LogP contribution is 2.30. The average molecular weight is 494 g/mol. The van der Waals surface area contributed by atoms with Crippen molar-refractivity contribution < 1.29 is 13.9 Å². The van der Waals surface area contributed by atoms with Crippen LogP contribution in [-0.4, -0.2) is 44.4 Å². The van der Waals surface area contributed by atoms with E-state index < -0.39 is 17.8 Å². The van der Waals surface area contributed by atoms with Gasteiger partial charge in [-0.05, 0) is 50.0 Å². The number of nitrogens with one attached hydrogen (secondary N) is 3. The number of carbonyl (C=O) groups is 1. The third kappa shape index (κ3) is 5.05. The van der Waals surface area contributed by atoms with E-state index in [0.717, 1.165) is 41.6 Å². The fraction of sp³-hybridized carbons (Fsp3) is 0.292. The summed E-state index contributed by atoms with van der Waals surface area (Å²) in [5, 5.41) is 24.8. The smallest absolute Gasteiger partial charge is 0.260 e. The summed E-state index contributed by atoms with van der Waals surface area (Å²) in [6.45, 7) is 1.83. The number of anilines is 2. The number of rotatable bonds is 7. The van der Waals surface area contributed by atoms with Gasteiger partial charge in [0.25, 0.3) is 5.91 Å². The summed E-state index contributed by atoms with van der Waals surface area (Å²) in [6, 6.07) is 8.79. The molecule has 3 N–H and O–H groups in total. The summed E-state index contributed by atoms with van der Waals surface area (Å²) in [5.41, 5.74) is 3.87. The normalized spacial score (nSPS) is 16.7. The summed E-state index contributed by atoms with van der Waals surface area (Å²) in [5.74, 6) is -1.01. The van der Waals surface area contributed by atoms with Crippen LogP contribution >= 0.6 is 11.3 Å². The molecule has 1 amide bonds. The molecule has 0 aliphatic heterocycles. The van der Waals surface area contributed by atoms with E-state index in [4.69, 9.17) is 4.74 Å². The highest BCUT2D eigenvalue weighted by molar-refractivity contribution is 7.19. The number of aromatic nitrogens is 5. The van der Waals surface area contributed by atoms with Crippen molar-refractivity contribution in [3.8, 4) is 0 Å². The van der Waals surface area contributed by atoms with Crippen LogP contribution in [-0.2, 0) is 9.53 Å². The molecule has 0 saturated carbocycles. The molecule has 3 aromatic heterocycles. The number of ether oxygens (including phenoxy) is 1. The molecule has 0 spiro atoms. The predicted octanol–water partition coefficient (Wildman–Crippen LogP) is 4.63. The van der Waals surface area contributed by atoms with Crippen molar-refractivity contribution in [1.29, 1.82) is 0 Å². The molecule has 1 aliphatic rings. The van der Waals surface area contributed by atoms with E-state index in [1.807, 2.05) is 25.3 Å². The number of allylic oxidation sites excluding steroid dienone is 1. The van der Waals surface area contributed by atoms with Crippen LogP contribution in [0.15, 0.2) is 42.6 Å². The minimum atomic E-state index is -1.09. The van der Waals surface area contributed by atoms with Crippen LogP contribution in [0.3, 0.4) is 0 Å². The van der Waals surface area contributed by atoms with Gasteiger partial charge in [-0.25, -0.2) is 4.39 Å². The van der Waals surface area contributed by atoms with Crippen molar-refractivity contribution in [1.82, 2.24) is 25.4 Å². The number of H-pyrrole nitrogens is 1. The Labute approximate surface area is 204 Å². The molecule has 0 fully saturated rings. The van der Waals surface area contributed by atoms with Crippen LogP contribution in [0.25, 0.3) is 16.6 Å². The molecule has 9 nitrogen and oxygen atoms in total. The van der Waals surface area contributed by atoms with Crippen LogP contribution in [0, 0.1) is 12.7 Å². The van der Waals surface area contributed by atoms with E-state index in [-0.39, 0.29) is 11.6 Å². The minimum absolute atomic E-state index is 0.179. The van der Waals surface area contributed by atoms with Gasteiger partial charge in [0.2, 0.25) is 10.3 Å². The molecule has 0 radical (unpaired) electrons. The first-order valence-corrected chi connectivity index (χ1v) is 12.0. The predicted molar refractivity (Wildman–Crippen MR) is 133 cm³/mol. The Morgan fingerprint density at radius 1 is 1.20 bits per heavy atom. The summed E-state index contributed by atoms with van der Waals surface area (Å²) >= 11 is 1.22. The second kappa shape index (κ2) is 9.88. The maximum atomic E-state index is 14.3. The van der Waals surface area contributed by atoms with Crippen LogP contribution < -0.4 is 10.6 Å². The van der Waals surface area contributed by atoms with E-state index in [2.05, 4.69) is 42.1 Å². The molecular weight excluding hydrogens is 469 g/mol. The van der Waals surface area contributed by atoms with Gasteiger partial charge >= 0.3 is 0 Å². The van der Waals surface area contributed by atoms with Crippen molar-refractivity contribution in [2.24, 2.45) is 0 Å². The van der Waals surface area contributed by atoms with Gasteiger partial charge in [0.1, 0.15) is 5.82 Å². The summed E-state index contributed by atoms with van der Waals surface area (Å²) < 4.78 is 19.5. The van der Waals surface area contributed by atoms with E-state index in [1.54, 1.807) is 12.1 Å². The molecule has 0 saturated heterocycles. The second-order valence-corrected chi connectivity index (χ2v) is 9.38. The Hall–Kier alpha value is -3.70. The largest absolute Gasteiger partial charge is 0.367 e. The fourth-order valence-corrected chi connectivity index (χ4v) is 4.85. The third-order valence-electron chi connectivity index (χ3n) is 5.94. The van der Waals surface area contributed by atoms with Gasteiger partial charge in [-0.15, -0.1) is 20.4 Å². The van der Waals surface area contributed by atoms with E-state index in [9.17, 15) is 9.18 Å². The van der Waals surface area contributed by atoms with Crippen LogP contribution in [0.4, 0.5) is 14.7 Å². The van der Waals surface area contributed by atoms with Crippen molar-refractivity contribution in [3.63, 3.8) is 0 Å². The van der Waals surface area contributed by atoms with Crippen LogP contribution in [0.1, 0.15) is 42.2 Å². The molecule has 180 valence electrons. The lowest BCUT2D eigenvalue weighted by atomic mass is 9.93. The molecule has 5 rings (SSSR count). The van der Waals surface area contributed by atoms with Crippen molar-refractivity contribution in [3.05, 3.63) is 65.2 Å². The van der Waals surface area contributed by atoms with Crippen LogP contribution in [0.5, 0.6) is 0 Å². The van der Waals surface area contributed by atoms with E-state index in [1.165, 1.54) is 30.1 Å². The highest BCUT2D eigenvalue weighted by Gasteiger charge is 2.25. The Morgan fingerprint density at radius 2 is 2.06 bits per heavy atom. The second-order valence-electron chi connectivity index (χ2n) is 8.40. The molecule has 11 heteroatoms. The molecule has 0 bridgehead atoms. The number of nitrogens with zero attached hydrogens (tertiary/aromatic N) is 4. The van der Waals surface area contributed by atoms with Crippen molar-refractivity contribution in [2.75, 3.05) is 17.7 Å². The summed E-state index contributed by atoms with van der Waals surface area (Å²) in [7, 11) is 1.37. The number of halogens is 1. The lowest BCUT2D eigenvalue weighted by molar-refractivity contribution is -0.126. The maximum Gasteiger partial charge on any atom is 0.260 e. The zero-order chi connectivity index (χ0) is 24.4. The Balaban J connectivity index is 1.20. The first-order chi connectivity index (χ1) is 17.0. The molecule has 35 heavy (non-hydrogen) atoms. The SMILES string of the molecule is COC(C(=O)Nc1nnc(NC2CC=C(c3cc4cc[nH]c4nn3)CC2)s1)c1cc(C)ccc1F. The number of aromatic amines is 1. The van der Waals surface area contributed by atoms with E-state index >= 15 is 0 Å². The van der Waals surface area contributed by atoms with Gasteiger partial charge in [-0.3, -0.25) is 10.1 Å². The number of hydrogen-bond donors (Lipinski definition) is 3. The Kier molecular flexibility index (Phi) is 6.51. The van der Waals surface area contributed by atoms with E-state index in [0.29, 0.717) is 10.3 Å². The molecule has 4 aromatic rings. The van der Waals surface area contributed by atoms with Crippen molar-refractivity contribution >= 4 is 44.1 Å². The van der Waals surface area contributed by atoms with Gasteiger partial charge in [-0.2, -0.15) is 0 Å². The average Bonchev–Trinajstić information content (AvgIpc) is 3.51. The molecule has 1 aliphatic carbocycles. The van der Waals surface area contributed by atoms with Gasteiger partial charge < -0.3 is 15.0 Å². The monoisotopic (exact) mass is 493 g/mol. The van der Waals surface area contributed by atoms with Gasteiger partial charge in [0.15, 0.2) is 11.8 Å². The maximum absolute atomic E-state index is 14.3. The lowest BCUT2D eigenvalue weighted by Gasteiger charge is -2.22. The number of methoxy groups -OCH3 is 1. The van der Waals surface area contributed by atoms with Crippen molar-refractivity contribution in [2.45, 2.75) is 38.3 Å². The minimum Gasteiger partial charge on any atom is -0.367 e. The zero-order valence-electron chi connectivity index (χ0n) is 19.2. The number of aryl methyl sites for hydroxylation is 1. The molecule has 1 aromatic carbocycles. The number of carbonyl (C=O) groups excluding carboxylic acids is 1. The Morgan fingerprint density at radius 3 is 2.86 bits per heavy atom. The quantitative estimate of drug-likeness (QED) is 0.343. The van der Waals surface area contributed by atoms with Crippen LogP contribution in [0.2, 0.25) is 0 Å². The Bertz CT molecular complexity index is 1400. The van der Waals surface area contributed by atoms with Gasteiger partial charge in [0, 0.05) is 30.3 Å². The fourth-order valence-electron chi connectivity index (χ4n) is 4.13. The lowest BCUT2D eigenvalue weighted by Crippen LogP contribution is -2.23. The number of benzene rings is 1.